The van der Waals surface area contributed by atoms with Gasteiger partial charge in [-0.25, -0.2) is 15.0 Å². The first-order chi connectivity index (χ1) is 10.9. The Morgan fingerprint density at radius 3 is 2.91 bits per heavy atom. The lowest BCUT2D eigenvalue weighted by molar-refractivity contribution is 0.278. The Hall–Kier alpha value is -2.93. The molecule has 0 aliphatic heterocycles. The minimum absolute atomic E-state index is 0.0946. The second kappa shape index (κ2) is 5.12. The number of aliphatic hydroxyl groups excluding tert-OH is 1. The van der Waals surface area contributed by atoms with Gasteiger partial charge in [0.05, 0.1) is 24.0 Å². The first-order valence-electron chi connectivity index (χ1n) is 6.96. The summed E-state index contributed by atoms with van der Waals surface area (Å²) in [5.41, 5.74) is 2.84. The van der Waals surface area contributed by atoms with Gasteiger partial charge in [-0.2, -0.15) is 0 Å². The number of hydrogen-bond donors (Lipinski definition) is 2. The topological polar surface area (TPSA) is 84.5 Å². The van der Waals surface area contributed by atoms with E-state index in [1.807, 2.05) is 33.5 Å². The van der Waals surface area contributed by atoms with Gasteiger partial charge in [0.25, 0.3) is 0 Å². The summed E-state index contributed by atoms with van der Waals surface area (Å²) >= 11 is 0. The third-order valence-corrected chi connectivity index (χ3v) is 3.57. The summed E-state index contributed by atoms with van der Waals surface area (Å²) in [4.78, 5) is 16.1. The van der Waals surface area contributed by atoms with Gasteiger partial charge in [0, 0.05) is 37.0 Å². The van der Waals surface area contributed by atoms with Crippen LogP contribution in [0.5, 0.6) is 0 Å². The average molecular weight is 294 g/mol. The van der Waals surface area contributed by atoms with Gasteiger partial charge in [-0.05, 0) is 18.2 Å². The molecule has 0 aliphatic rings. The van der Waals surface area contributed by atoms with Crippen molar-refractivity contribution in [2.75, 3.05) is 6.61 Å². The zero-order valence-electron chi connectivity index (χ0n) is 11.7. The van der Waals surface area contributed by atoms with Crippen molar-refractivity contribution in [3.63, 3.8) is 0 Å². The van der Waals surface area contributed by atoms with Crippen LogP contribution >= 0.6 is 0 Å². The van der Waals surface area contributed by atoms with Crippen LogP contribution in [0.2, 0.25) is 0 Å². The summed E-state index contributed by atoms with van der Waals surface area (Å²) in [6.45, 7) is 0.635. The van der Waals surface area contributed by atoms with Crippen LogP contribution in [0.4, 0.5) is 0 Å². The molecule has 0 saturated heterocycles. The van der Waals surface area contributed by atoms with E-state index in [-0.39, 0.29) is 6.61 Å². The summed E-state index contributed by atoms with van der Waals surface area (Å²) < 4.78 is 3.89. The quantitative estimate of drug-likeness (QED) is 0.599. The van der Waals surface area contributed by atoms with E-state index in [2.05, 4.69) is 19.9 Å². The molecular weight excluding hydrogens is 280 g/mol. The Labute approximate surface area is 125 Å². The van der Waals surface area contributed by atoms with E-state index in [4.69, 9.17) is 5.11 Å². The molecule has 3 heterocycles. The van der Waals surface area contributed by atoms with E-state index in [0.29, 0.717) is 6.54 Å². The van der Waals surface area contributed by atoms with Gasteiger partial charge in [0.15, 0.2) is 11.6 Å². The van der Waals surface area contributed by atoms with Crippen LogP contribution in [-0.4, -0.2) is 40.8 Å². The van der Waals surface area contributed by atoms with E-state index in [0.717, 1.165) is 28.4 Å². The summed E-state index contributed by atoms with van der Waals surface area (Å²) in [5, 5.41) is 9.07. The average Bonchev–Trinajstić information content (AvgIpc) is 3.27. The Morgan fingerprint density at radius 2 is 2.09 bits per heavy atom. The van der Waals surface area contributed by atoms with Crippen molar-refractivity contribution in [2.24, 2.45) is 0 Å². The second-order valence-electron chi connectivity index (χ2n) is 4.89. The maximum atomic E-state index is 9.07. The molecule has 7 nitrogen and oxygen atoms in total. The number of nitrogens with zero attached hydrogens (tertiary/aromatic N) is 5. The van der Waals surface area contributed by atoms with Gasteiger partial charge < -0.3 is 14.7 Å². The van der Waals surface area contributed by atoms with Crippen LogP contribution in [-0.2, 0) is 6.54 Å². The molecule has 0 aliphatic carbocycles. The fourth-order valence-corrected chi connectivity index (χ4v) is 2.56. The van der Waals surface area contributed by atoms with Crippen LogP contribution in [0.1, 0.15) is 0 Å². The molecule has 1 aromatic carbocycles. The lowest BCUT2D eigenvalue weighted by Gasteiger charge is -2.07. The van der Waals surface area contributed by atoms with Crippen molar-refractivity contribution in [3.8, 4) is 17.3 Å². The first-order valence-corrected chi connectivity index (χ1v) is 6.96. The van der Waals surface area contributed by atoms with Gasteiger partial charge in [0.2, 0.25) is 0 Å². The summed E-state index contributed by atoms with van der Waals surface area (Å²) in [7, 11) is 0. The fourth-order valence-electron chi connectivity index (χ4n) is 2.56. The van der Waals surface area contributed by atoms with Crippen molar-refractivity contribution in [2.45, 2.75) is 6.54 Å². The Kier molecular flexibility index (Phi) is 2.97. The molecule has 0 fully saturated rings. The highest BCUT2D eigenvalue weighted by Crippen LogP contribution is 2.22. The molecule has 0 saturated carbocycles. The maximum absolute atomic E-state index is 9.07. The van der Waals surface area contributed by atoms with Crippen LogP contribution in [0.15, 0.2) is 49.3 Å². The number of H-pyrrole nitrogens is 1. The van der Waals surface area contributed by atoms with Crippen LogP contribution in [0, 0.1) is 0 Å². The molecule has 7 heteroatoms. The molecule has 0 unspecified atom stereocenters. The number of aliphatic hydroxyl groups is 1. The molecule has 4 rings (SSSR count). The van der Waals surface area contributed by atoms with E-state index in [1.165, 1.54) is 0 Å². The number of hydrogen-bond acceptors (Lipinski definition) is 4. The van der Waals surface area contributed by atoms with Gasteiger partial charge in [-0.3, -0.25) is 4.57 Å². The third kappa shape index (κ3) is 1.99. The van der Waals surface area contributed by atoms with Crippen molar-refractivity contribution in [1.82, 2.24) is 29.1 Å². The van der Waals surface area contributed by atoms with Gasteiger partial charge >= 0.3 is 0 Å². The SMILES string of the molecule is OCCn1cnc2cc(-n3ccnc3-c3ncc[nH]3)ccc21. The third-order valence-electron chi connectivity index (χ3n) is 3.57. The summed E-state index contributed by atoms with van der Waals surface area (Å²) in [5.74, 6) is 1.47. The van der Waals surface area contributed by atoms with Crippen LogP contribution < -0.4 is 0 Å². The minimum Gasteiger partial charge on any atom is -0.395 e. The largest absolute Gasteiger partial charge is 0.395 e. The molecule has 0 radical (unpaired) electrons. The molecule has 0 atom stereocenters. The molecule has 22 heavy (non-hydrogen) atoms. The fraction of sp³-hybridized carbons (Fsp3) is 0.133. The van der Waals surface area contributed by atoms with Crippen molar-refractivity contribution < 1.29 is 5.11 Å². The smallest absolute Gasteiger partial charge is 0.180 e. The van der Waals surface area contributed by atoms with E-state index >= 15 is 0 Å². The zero-order valence-corrected chi connectivity index (χ0v) is 11.7. The predicted octanol–water partition coefficient (Wildman–Crippen LogP) is 1.60. The number of aromatic amines is 1. The highest BCUT2D eigenvalue weighted by Gasteiger charge is 2.11. The van der Waals surface area contributed by atoms with Crippen LogP contribution in [0.25, 0.3) is 28.4 Å². The molecule has 4 aromatic rings. The van der Waals surface area contributed by atoms with Gasteiger partial charge in [-0.15, -0.1) is 0 Å². The maximum Gasteiger partial charge on any atom is 0.180 e. The minimum atomic E-state index is 0.0946. The highest BCUT2D eigenvalue weighted by molar-refractivity contribution is 5.78. The lowest BCUT2D eigenvalue weighted by Crippen LogP contribution is -2.00. The molecule has 3 aromatic heterocycles. The molecule has 0 spiro atoms. The van der Waals surface area contributed by atoms with Crippen LogP contribution in [0.3, 0.4) is 0 Å². The number of nitrogens with one attached hydrogen (secondary N) is 1. The van der Waals surface area contributed by atoms with Crippen molar-refractivity contribution in [1.29, 1.82) is 0 Å². The number of fused-ring (bicyclic) bond motifs is 1. The Balaban J connectivity index is 1.81. The number of benzene rings is 1. The second-order valence-corrected chi connectivity index (χ2v) is 4.89. The molecule has 2 N–H and O–H groups in total. The summed E-state index contributed by atoms with van der Waals surface area (Å²) in [6.07, 6.45) is 8.85. The first kappa shape index (κ1) is 12.8. The highest BCUT2D eigenvalue weighted by atomic mass is 16.3. The van der Waals surface area contributed by atoms with Gasteiger partial charge in [0.1, 0.15) is 0 Å². The lowest BCUT2D eigenvalue weighted by atomic mass is 10.2. The van der Waals surface area contributed by atoms with Crippen molar-refractivity contribution >= 4 is 11.0 Å². The monoisotopic (exact) mass is 294 g/mol. The number of imidazole rings is 3. The normalized spacial score (nSPS) is 11.3. The van der Waals surface area contributed by atoms with E-state index < -0.39 is 0 Å². The molecule has 0 amide bonds. The Morgan fingerprint density at radius 1 is 1.14 bits per heavy atom. The van der Waals surface area contributed by atoms with E-state index in [1.54, 1.807) is 24.9 Å². The standard InChI is InChI=1S/C15H14N6O/c22-8-7-20-10-19-12-9-11(1-2-13(12)20)21-6-5-18-15(21)14-16-3-4-17-14/h1-6,9-10,22H,7-8H2,(H,16,17). The van der Waals surface area contributed by atoms with Gasteiger partial charge in [-0.1, -0.05) is 0 Å². The zero-order chi connectivity index (χ0) is 14.9. The number of aromatic nitrogens is 6. The Bertz CT molecular complexity index is 905. The molecule has 0 bridgehead atoms. The predicted molar refractivity (Wildman–Crippen MR) is 81.5 cm³/mol. The summed E-state index contributed by atoms with van der Waals surface area (Å²) in [6, 6.07) is 6.00. The number of rotatable bonds is 4. The van der Waals surface area contributed by atoms with Crippen molar-refractivity contribution in [3.05, 3.63) is 49.3 Å². The van der Waals surface area contributed by atoms with E-state index in [9.17, 15) is 0 Å². The molecule has 110 valence electrons. The molecular formula is C15H14N6O.